The molecule has 4 heteroatoms. The van der Waals surface area contributed by atoms with E-state index in [0.717, 1.165) is 29.2 Å². The van der Waals surface area contributed by atoms with Crippen molar-refractivity contribution in [3.63, 3.8) is 0 Å². The van der Waals surface area contributed by atoms with Gasteiger partial charge in [0.25, 0.3) is 0 Å². The maximum Gasteiger partial charge on any atom is 0.152 e. The van der Waals surface area contributed by atoms with Crippen LogP contribution in [0.3, 0.4) is 0 Å². The molecule has 2 aliphatic rings. The Morgan fingerprint density at radius 3 is 3.18 bits per heavy atom. The van der Waals surface area contributed by atoms with E-state index in [1.807, 2.05) is 6.20 Å². The summed E-state index contributed by atoms with van der Waals surface area (Å²) in [5.41, 5.74) is 2.58. The highest BCUT2D eigenvalue weighted by Gasteiger charge is 2.31. The minimum atomic E-state index is 0.569. The Morgan fingerprint density at radius 2 is 2.41 bits per heavy atom. The van der Waals surface area contributed by atoms with Gasteiger partial charge in [0.05, 0.1) is 7.11 Å². The first-order valence-electron chi connectivity index (χ1n) is 5.92. The highest BCUT2D eigenvalue weighted by Crippen LogP contribution is 2.38. The Hall–Kier alpha value is -0.870. The van der Waals surface area contributed by atoms with E-state index in [4.69, 9.17) is 4.74 Å². The van der Waals surface area contributed by atoms with Crippen LogP contribution in [0.25, 0.3) is 5.57 Å². The van der Waals surface area contributed by atoms with Crippen molar-refractivity contribution < 1.29 is 4.74 Å². The van der Waals surface area contributed by atoms with Gasteiger partial charge in [-0.25, -0.2) is 4.98 Å². The first-order chi connectivity index (χ1) is 8.28. The molecule has 0 bridgehead atoms. The SMILES string of the molecule is COc1cc(C2=C[C@@H]3NCC[C@@H]3C2)cnc1Br. The molecule has 1 aromatic rings. The number of fused-ring (bicyclic) bond motifs is 1. The van der Waals surface area contributed by atoms with Crippen molar-refractivity contribution in [2.75, 3.05) is 13.7 Å². The normalized spacial score (nSPS) is 26.8. The molecule has 1 fully saturated rings. The number of hydrogen-bond donors (Lipinski definition) is 1. The number of allylic oxidation sites excluding steroid dienone is 1. The van der Waals surface area contributed by atoms with Crippen LogP contribution in [0.5, 0.6) is 5.75 Å². The van der Waals surface area contributed by atoms with Crippen molar-refractivity contribution in [3.8, 4) is 5.75 Å². The lowest BCUT2D eigenvalue weighted by molar-refractivity contribution is 0.409. The molecule has 3 nitrogen and oxygen atoms in total. The number of nitrogens with one attached hydrogen (secondary N) is 1. The molecule has 0 spiro atoms. The second-order valence-corrected chi connectivity index (χ2v) is 5.39. The van der Waals surface area contributed by atoms with Crippen LogP contribution >= 0.6 is 15.9 Å². The minimum Gasteiger partial charge on any atom is -0.494 e. The van der Waals surface area contributed by atoms with Gasteiger partial charge in [0.15, 0.2) is 5.75 Å². The van der Waals surface area contributed by atoms with Gasteiger partial charge >= 0.3 is 0 Å². The Kier molecular flexibility index (Phi) is 2.92. The summed E-state index contributed by atoms with van der Waals surface area (Å²) >= 11 is 3.38. The van der Waals surface area contributed by atoms with E-state index in [1.165, 1.54) is 17.6 Å². The summed E-state index contributed by atoms with van der Waals surface area (Å²) < 4.78 is 6.05. The van der Waals surface area contributed by atoms with Gasteiger partial charge < -0.3 is 10.1 Å². The highest BCUT2D eigenvalue weighted by molar-refractivity contribution is 9.10. The van der Waals surface area contributed by atoms with Crippen LogP contribution in [0.2, 0.25) is 0 Å². The van der Waals surface area contributed by atoms with Crippen LogP contribution in [-0.4, -0.2) is 24.7 Å². The Balaban J connectivity index is 1.90. The maximum atomic E-state index is 5.29. The van der Waals surface area contributed by atoms with Gasteiger partial charge in [-0.1, -0.05) is 6.08 Å². The van der Waals surface area contributed by atoms with Gasteiger partial charge in [-0.2, -0.15) is 0 Å². The Labute approximate surface area is 109 Å². The van der Waals surface area contributed by atoms with Crippen LogP contribution in [-0.2, 0) is 0 Å². The zero-order valence-corrected chi connectivity index (χ0v) is 11.3. The largest absolute Gasteiger partial charge is 0.494 e. The monoisotopic (exact) mass is 294 g/mol. The number of pyridine rings is 1. The Morgan fingerprint density at radius 1 is 1.53 bits per heavy atom. The lowest BCUT2D eigenvalue weighted by Gasteiger charge is -2.08. The van der Waals surface area contributed by atoms with Crippen LogP contribution in [0.4, 0.5) is 0 Å². The predicted octanol–water partition coefficient (Wildman–Crippen LogP) is 2.62. The van der Waals surface area contributed by atoms with Crippen molar-refractivity contribution in [1.82, 2.24) is 10.3 Å². The number of rotatable bonds is 2. The highest BCUT2D eigenvalue weighted by atomic mass is 79.9. The first-order valence-corrected chi connectivity index (χ1v) is 6.71. The summed E-state index contributed by atoms with van der Waals surface area (Å²) in [4.78, 5) is 4.32. The molecule has 1 aliphatic heterocycles. The second-order valence-electron chi connectivity index (χ2n) is 4.64. The predicted molar refractivity (Wildman–Crippen MR) is 71.0 cm³/mol. The van der Waals surface area contributed by atoms with E-state index >= 15 is 0 Å². The van der Waals surface area contributed by atoms with E-state index in [2.05, 4.69) is 38.4 Å². The third-order valence-electron chi connectivity index (χ3n) is 3.66. The zero-order chi connectivity index (χ0) is 11.8. The van der Waals surface area contributed by atoms with E-state index in [9.17, 15) is 0 Å². The quantitative estimate of drug-likeness (QED) is 0.852. The number of halogens is 1. The molecule has 1 saturated heterocycles. The van der Waals surface area contributed by atoms with E-state index < -0.39 is 0 Å². The number of methoxy groups -OCH3 is 1. The van der Waals surface area contributed by atoms with Crippen molar-refractivity contribution >= 4 is 21.5 Å². The van der Waals surface area contributed by atoms with Gasteiger partial charge in [-0.15, -0.1) is 0 Å². The summed E-state index contributed by atoms with van der Waals surface area (Å²) in [7, 11) is 1.67. The van der Waals surface area contributed by atoms with Gasteiger partial charge in [-0.05, 0) is 58.4 Å². The lowest BCUT2D eigenvalue weighted by Crippen LogP contribution is -2.20. The van der Waals surface area contributed by atoms with Crippen LogP contribution in [0, 0.1) is 5.92 Å². The summed E-state index contributed by atoms with van der Waals surface area (Å²) in [5, 5.41) is 3.52. The molecule has 0 aromatic carbocycles. The molecule has 1 aliphatic carbocycles. The standard InChI is InChI=1S/C13H15BrN2O/c1-17-12-6-10(7-16-13(12)14)9-4-8-2-3-15-11(8)5-9/h5-8,11,15H,2-4H2,1H3/t8-,11+/m1/s1. The zero-order valence-electron chi connectivity index (χ0n) is 9.74. The molecule has 3 rings (SSSR count). The van der Waals surface area contributed by atoms with Crippen molar-refractivity contribution in [2.24, 2.45) is 5.92 Å². The number of aromatic nitrogens is 1. The van der Waals surface area contributed by atoms with E-state index in [-0.39, 0.29) is 0 Å². The molecular weight excluding hydrogens is 280 g/mol. The van der Waals surface area contributed by atoms with Gasteiger partial charge in [0.1, 0.15) is 4.60 Å². The summed E-state index contributed by atoms with van der Waals surface area (Å²) in [5.74, 6) is 1.58. The smallest absolute Gasteiger partial charge is 0.152 e. The van der Waals surface area contributed by atoms with Crippen molar-refractivity contribution in [2.45, 2.75) is 18.9 Å². The molecular formula is C13H15BrN2O. The summed E-state index contributed by atoms with van der Waals surface area (Å²) in [6.07, 6.45) is 6.71. The molecule has 1 aromatic heterocycles. The molecule has 1 N–H and O–H groups in total. The number of nitrogens with zero attached hydrogens (tertiary/aromatic N) is 1. The fourth-order valence-electron chi connectivity index (χ4n) is 2.73. The molecule has 0 amide bonds. The molecule has 0 unspecified atom stereocenters. The van der Waals surface area contributed by atoms with E-state index in [1.54, 1.807) is 7.11 Å². The van der Waals surface area contributed by atoms with Crippen LogP contribution in [0.1, 0.15) is 18.4 Å². The van der Waals surface area contributed by atoms with Crippen molar-refractivity contribution in [1.29, 1.82) is 0 Å². The average molecular weight is 295 g/mol. The fraction of sp³-hybridized carbons (Fsp3) is 0.462. The summed E-state index contributed by atoms with van der Waals surface area (Å²) in [6.45, 7) is 1.15. The third kappa shape index (κ3) is 2.00. The van der Waals surface area contributed by atoms with Gasteiger partial charge in [0, 0.05) is 12.2 Å². The van der Waals surface area contributed by atoms with Gasteiger partial charge in [0.2, 0.25) is 0 Å². The number of ether oxygens (including phenoxy) is 1. The molecule has 2 atom stereocenters. The molecule has 17 heavy (non-hydrogen) atoms. The van der Waals surface area contributed by atoms with Crippen LogP contribution in [0.15, 0.2) is 22.9 Å². The second kappa shape index (κ2) is 4.42. The molecule has 2 heterocycles. The molecule has 0 saturated carbocycles. The Bertz CT molecular complexity index is 472. The van der Waals surface area contributed by atoms with Crippen molar-refractivity contribution in [3.05, 3.63) is 28.5 Å². The molecule has 0 radical (unpaired) electrons. The van der Waals surface area contributed by atoms with Gasteiger partial charge in [-0.3, -0.25) is 0 Å². The first kappa shape index (κ1) is 11.2. The maximum absolute atomic E-state index is 5.29. The third-order valence-corrected chi connectivity index (χ3v) is 4.26. The lowest BCUT2D eigenvalue weighted by atomic mass is 10.00. The fourth-order valence-corrected chi connectivity index (χ4v) is 3.11. The minimum absolute atomic E-state index is 0.569. The topological polar surface area (TPSA) is 34.1 Å². The molecule has 90 valence electrons. The number of hydrogen-bond acceptors (Lipinski definition) is 3. The van der Waals surface area contributed by atoms with Crippen LogP contribution < -0.4 is 10.1 Å². The average Bonchev–Trinajstić information content (AvgIpc) is 2.90. The van der Waals surface area contributed by atoms with E-state index in [0.29, 0.717) is 6.04 Å². The summed E-state index contributed by atoms with van der Waals surface area (Å²) in [6, 6.07) is 2.63.